The average Bonchev–Trinajstić information content (AvgIpc) is 3.46. The SMILES string of the molecule is CC(C)(C)OC(=O)N[C@H]1CN(OC(=O)c2ccccc2)CC[C@H]2CC[C@@H](C(=O)N[C@@H](CCC(N)=O)COc3ccc(S(C)(=O)=O)cc3)N2C1=O. The second kappa shape index (κ2) is 16.3. The van der Waals surface area contributed by atoms with Crippen molar-refractivity contribution in [1.29, 1.82) is 0 Å². The number of carbonyl (C=O) groups excluding carboxylic acids is 5. The lowest BCUT2D eigenvalue weighted by molar-refractivity contribution is -0.154. The van der Waals surface area contributed by atoms with E-state index in [1.54, 1.807) is 51.1 Å². The molecule has 16 heteroatoms. The van der Waals surface area contributed by atoms with Gasteiger partial charge in [0.1, 0.15) is 30.0 Å². The number of ether oxygens (including phenoxy) is 2. The quantitative estimate of drug-likeness (QED) is 0.290. The molecule has 4 rings (SSSR count). The third kappa shape index (κ3) is 10.9. The molecule has 4 atom stereocenters. The summed E-state index contributed by atoms with van der Waals surface area (Å²) in [5.74, 6) is -1.87. The monoisotopic (exact) mass is 715 g/mol. The first-order valence-corrected chi connectivity index (χ1v) is 18.2. The van der Waals surface area contributed by atoms with Gasteiger partial charge in [-0.25, -0.2) is 18.0 Å². The Kier molecular flexibility index (Phi) is 12.5. The van der Waals surface area contributed by atoms with Gasteiger partial charge in [-0.2, -0.15) is 0 Å². The third-order valence-corrected chi connectivity index (χ3v) is 9.29. The van der Waals surface area contributed by atoms with Crippen molar-refractivity contribution < 1.29 is 46.7 Å². The first kappa shape index (κ1) is 38.1. The number of nitrogens with one attached hydrogen (secondary N) is 2. The van der Waals surface area contributed by atoms with Crippen LogP contribution in [0, 0.1) is 0 Å². The van der Waals surface area contributed by atoms with Gasteiger partial charge in [-0.1, -0.05) is 18.2 Å². The van der Waals surface area contributed by atoms with Gasteiger partial charge in [0.2, 0.25) is 17.7 Å². The zero-order valence-electron chi connectivity index (χ0n) is 28.6. The average molecular weight is 716 g/mol. The molecule has 0 bridgehead atoms. The number of nitrogens with two attached hydrogens (primary N) is 1. The third-order valence-electron chi connectivity index (χ3n) is 8.16. The van der Waals surface area contributed by atoms with Crippen LogP contribution in [0.15, 0.2) is 59.5 Å². The van der Waals surface area contributed by atoms with Crippen molar-refractivity contribution in [2.24, 2.45) is 5.73 Å². The number of nitrogens with zero attached hydrogens (tertiary/aromatic N) is 2. The highest BCUT2D eigenvalue weighted by Gasteiger charge is 2.46. The van der Waals surface area contributed by atoms with Gasteiger partial charge >= 0.3 is 12.1 Å². The molecule has 0 aliphatic carbocycles. The van der Waals surface area contributed by atoms with Crippen molar-refractivity contribution >= 4 is 39.6 Å². The van der Waals surface area contributed by atoms with Crippen molar-refractivity contribution in [2.45, 2.75) is 87.5 Å². The molecular weight excluding hydrogens is 670 g/mol. The van der Waals surface area contributed by atoms with E-state index in [2.05, 4.69) is 10.6 Å². The molecule has 0 saturated carbocycles. The van der Waals surface area contributed by atoms with Crippen LogP contribution in [0.5, 0.6) is 5.75 Å². The molecule has 0 aromatic heterocycles. The molecule has 2 aliphatic heterocycles. The van der Waals surface area contributed by atoms with Crippen molar-refractivity contribution in [3.8, 4) is 5.75 Å². The van der Waals surface area contributed by atoms with E-state index in [-0.39, 0.29) is 37.4 Å². The zero-order valence-corrected chi connectivity index (χ0v) is 29.4. The van der Waals surface area contributed by atoms with E-state index in [1.165, 1.54) is 34.2 Å². The van der Waals surface area contributed by atoms with Gasteiger partial charge in [-0.3, -0.25) is 14.4 Å². The molecule has 2 fully saturated rings. The maximum Gasteiger partial charge on any atom is 0.408 e. The summed E-state index contributed by atoms with van der Waals surface area (Å²) >= 11 is 0. The lowest BCUT2D eigenvalue weighted by Gasteiger charge is -2.38. The Morgan fingerprint density at radius 2 is 1.68 bits per heavy atom. The summed E-state index contributed by atoms with van der Waals surface area (Å²) in [5, 5.41) is 6.85. The first-order chi connectivity index (χ1) is 23.5. The van der Waals surface area contributed by atoms with E-state index in [0.29, 0.717) is 30.6 Å². The van der Waals surface area contributed by atoms with E-state index in [9.17, 15) is 32.4 Å². The molecule has 4 amide bonds. The molecule has 2 aromatic carbocycles. The summed E-state index contributed by atoms with van der Waals surface area (Å²) in [4.78, 5) is 72.6. The number of alkyl carbamates (subject to hydrolysis) is 1. The highest BCUT2D eigenvalue weighted by Crippen LogP contribution is 2.30. The van der Waals surface area contributed by atoms with Gasteiger partial charge in [-0.15, -0.1) is 5.06 Å². The van der Waals surface area contributed by atoms with Gasteiger partial charge in [0.15, 0.2) is 9.84 Å². The normalized spacial score (nSPS) is 20.4. The zero-order chi connectivity index (χ0) is 36.6. The molecule has 2 aromatic rings. The highest BCUT2D eigenvalue weighted by atomic mass is 32.2. The fourth-order valence-electron chi connectivity index (χ4n) is 5.78. The van der Waals surface area contributed by atoms with E-state index in [0.717, 1.165) is 6.26 Å². The molecule has 0 unspecified atom stereocenters. The van der Waals surface area contributed by atoms with Crippen molar-refractivity contribution in [1.82, 2.24) is 20.6 Å². The van der Waals surface area contributed by atoms with Crippen LogP contribution in [-0.4, -0.2) is 104 Å². The standard InChI is InChI=1S/C34H45N5O10S/c1-34(2,3)48-33(44)37-27-20-38(49-32(43)22-8-6-5-7-9-22)19-18-24-11-16-28(39(24)31(27)42)30(41)36-23(10-17-29(35)40)21-47-25-12-14-26(15-13-25)50(4,45)46/h5-9,12-15,23-24,27-28H,10-11,16-21H2,1-4H3,(H2,35,40)(H,36,41)(H,37,44)/t23-,24+,27-,28-/m0/s1. The molecule has 15 nitrogen and oxygen atoms in total. The largest absolute Gasteiger partial charge is 0.491 e. The van der Waals surface area contributed by atoms with Crippen molar-refractivity contribution in [3.63, 3.8) is 0 Å². The predicted octanol–water partition coefficient (Wildman–Crippen LogP) is 1.95. The van der Waals surface area contributed by atoms with Crippen LogP contribution in [0.3, 0.4) is 0 Å². The lowest BCUT2D eigenvalue weighted by atomic mass is 10.1. The van der Waals surface area contributed by atoms with Gasteiger partial charge in [0, 0.05) is 25.3 Å². The Morgan fingerprint density at radius 1 is 1.00 bits per heavy atom. The van der Waals surface area contributed by atoms with Crippen LogP contribution in [-0.2, 0) is 33.8 Å². The molecule has 0 spiro atoms. The topological polar surface area (TPSA) is 204 Å². The number of primary amides is 1. The van der Waals surface area contributed by atoms with E-state index in [4.69, 9.17) is 20.0 Å². The Morgan fingerprint density at radius 3 is 2.30 bits per heavy atom. The second-order valence-electron chi connectivity index (χ2n) is 13.4. The Bertz CT molecular complexity index is 1650. The minimum atomic E-state index is -3.40. The minimum Gasteiger partial charge on any atom is -0.491 e. The van der Waals surface area contributed by atoms with E-state index >= 15 is 0 Å². The molecule has 0 radical (unpaired) electrons. The summed E-state index contributed by atoms with van der Waals surface area (Å²) in [5.41, 5.74) is 4.84. The fourth-order valence-corrected chi connectivity index (χ4v) is 6.41. The van der Waals surface area contributed by atoms with Crippen LogP contribution in [0.1, 0.15) is 63.2 Å². The number of carbonyl (C=O) groups is 5. The van der Waals surface area contributed by atoms with E-state index < -0.39 is 69.4 Å². The Balaban J connectivity index is 1.50. The van der Waals surface area contributed by atoms with Gasteiger partial charge in [0.05, 0.1) is 23.0 Å². The molecule has 2 aliphatic rings. The molecule has 272 valence electrons. The first-order valence-electron chi connectivity index (χ1n) is 16.4. The highest BCUT2D eigenvalue weighted by molar-refractivity contribution is 7.90. The maximum absolute atomic E-state index is 14.2. The Labute approximate surface area is 291 Å². The molecule has 2 saturated heterocycles. The van der Waals surface area contributed by atoms with Crippen molar-refractivity contribution in [3.05, 3.63) is 60.2 Å². The lowest BCUT2D eigenvalue weighted by Crippen LogP contribution is -2.61. The van der Waals surface area contributed by atoms with Gasteiger partial charge < -0.3 is 35.6 Å². The van der Waals surface area contributed by atoms with Gasteiger partial charge in [-0.05, 0) is 82.9 Å². The number of hydroxylamine groups is 2. The summed E-state index contributed by atoms with van der Waals surface area (Å²) in [6.45, 7) is 5.01. The van der Waals surface area contributed by atoms with Crippen LogP contribution in [0.2, 0.25) is 0 Å². The number of sulfone groups is 1. The summed E-state index contributed by atoms with van der Waals surface area (Å²) in [6.07, 6.45) is 1.52. The summed E-state index contributed by atoms with van der Waals surface area (Å²) < 4.78 is 34.8. The smallest absolute Gasteiger partial charge is 0.408 e. The minimum absolute atomic E-state index is 0.0450. The van der Waals surface area contributed by atoms with Crippen molar-refractivity contribution in [2.75, 3.05) is 26.0 Å². The summed E-state index contributed by atoms with van der Waals surface area (Å²) in [7, 11) is -3.40. The number of hydrogen-bond acceptors (Lipinski definition) is 11. The number of amides is 4. The number of benzene rings is 2. The maximum atomic E-state index is 14.2. The Hall–Kier alpha value is -4.70. The van der Waals surface area contributed by atoms with E-state index in [1.807, 2.05) is 0 Å². The molecule has 50 heavy (non-hydrogen) atoms. The van der Waals surface area contributed by atoms with Crippen LogP contribution in [0.25, 0.3) is 0 Å². The molecule has 4 N–H and O–H groups in total. The number of rotatable bonds is 12. The molecule has 2 heterocycles. The number of fused-ring (bicyclic) bond motifs is 1. The van der Waals surface area contributed by atoms with Crippen LogP contribution >= 0.6 is 0 Å². The molecular formula is C34H45N5O10S. The number of hydrogen-bond donors (Lipinski definition) is 3. The second-order valence-corrected chi connectivity index (χ2v) is 15.4. The fraction of sp³-hybridized carbons (Fsp3) is 0.500. The van der Waals surface area contributed by atoms with Crippen LogP contribution < -0.4 is 21.1 Å². The van der Waals surface area contributed by atoms with Gasteiger partial charge in [0.25, 0.3) is 0 Å². The summed E-state index contributed by atoms with van der Waals surface area (Å²) in [6, 6.07) is 10.9. The van der Waals surface area contributed by atoms with Crippen LogP contribution in [0.4, 0.5) is 4.79 Å². The predicted molar refractivity (Wildman–Crippen MR) is 180 cm³/mol.